The van der Waals surface area contributed by atoms with E-state index in [0.29, 0.717) is 11.4 Å². The maximum atomic E-state index is 13.4. The monoisotopic (exact) mass is 378 g/mol. The van der Waals surface area contributed by atoms with Crippen molar-refractivity contribution < 1.29 is 23.5 Å². The molecular weight excluding hydrogens is 366 g/mol. The molecule has 0 fully saturated rings. The highest BCUT2D eigenvalue weighted by molar-refractivity contribution is 6.30. The number of imide groups is 1. The van der Waals surface area contributed by atoms with Crippen LogP contribution in [0, 0.1) is 11.6 Å². The number of nitrogens with one attached hydrogen (secondary N) is 1. The number of hydrogen-bond donors (Lipinski definition) is 2. The second-order valence-corrected chi connectivity index (χ2v) is 6.08. The summed E-state index contributed by atoms with van der Waals surface area (Å²) in [4.78, 5) is 25.4. The average molecular weight is 379 g/mol. The van der Waals surface area contributed by atoms with Crippen LogP contribution in [0.1, 0.15) is 5.56 Å². The molecule has 2 aromatic carbocycles. The highest BCUT2D eigenvalue weighted by atomic mass is 35.5. The number of carbonyl (C=O) groups is 2. The molecule has 0 radical (unpaired) electrons. The van der Waals surface area contributed by atoms with Crippen LogP contribution < -0.4 is 5.32 Å². The zero-order chi connectivity index (χ0) is 18.8. The van der Waals surface area contributed by atoms with Gasteiger partial charge in [-0.1, -0.05) is 23.7 Å². The molecule has 2 N–H and O–H groups in total. The van der Waals surface area contributed by atoms with E-state index in [1.54, 1.807) is 24.3 Å². The van der Waals surface area contributed by atoms with Crippen LogP contribution in [-0.4, -0.2) is 28.4 Å². The summed E-state index contributed by atoms with van der Waals surface area (Å²) in [6, 6.07) is 8.66. The van der Waals surface area contributed by atoms with Gasteiger partial charge >= 0.3 is 0 Å². The predicted molar refractivity (Wildman–Crippen MR) is 91.6 cm³/mol. The lowest BCUT2D eigenvalue weighted by atomic mass is 10.1. The molecule has 0 aromatic heterocycles. The SMILES string of the molecule is O=C1C=C(Nc2cc(F)c(O)c(F)c2)C(=O)N1CCc1ccc(Cl)cc1. The average Bonchev–Trinajstić information content (AvgIpc) is 2.86. The summed E-state index contributed by atoms with van der Waals surface area (Å²) in [6.07, 6.45) is 1.51. The number of nitrogens with zero attached hydrogens (tertiary/aromatic N) is 1. The van der Waals surface area contributed by atoms with Crippen molar-refractivity contribution in [1.29, 1.82) is 0 Å². The third kappa shape index (κ3) is 3.67. The van der Waals surface area contributed by atoms with Gasteiger partial charge in [-0.15, -0.1) is 0 Å². The van der Waals surface area contributed by atoms with Crippen molar-refractivity contribution in [3.63, 3.8) is 0 Å². The summed E-state index contributed by atoms with van der Waals surface area (Å²) in [5.41, 5.74) is 0.708. The second kappa shape index (κ2) is 7.13. The van der Waals surface area contributed by atoms with Crippen LogP contribution >= 0.6 is 11.6 Å². The van der Waals surface area contributed by atoms with Crippen LogP contribution in [0.3, 0.4) is 0 Å². The molecule has 1 aliphatic rings. The fraction of sp³-hybridized carbons (Fsp3) is 0.111. The van der Waals surface area contributed by atoms with Crippen molar-refractivity contribution in [2.75, 3.05) is 11.9 Å². The van der Waals surface area contributed by atoms with Gasteiger partial charge in [0.2, 0.25) is 0 Å². The molecule has 5 nitrogen and oxygen atoms in total. The van der Waals surface area contributed by atoms with E-state index < -0.39 is 29.2 Å². The van der Waals surface area contributed by atoms with Crippen LogP contribution in [0.15, 0.2) is 48.2 Å². The fourth-order valence-corrected chi connectivity index (χ4v) is 2.62. The third-order valence-electron chi connectivity index (χ3n) is 3.84. The van der Waals surface area contributed by atoms with E-state index in [1.807, 2.05) is 0 Å². The predicted octanol–water partition coefficient (Wildman–Crippen LogP) is 3.23. The van der Waals surface area contributed by atoms with E-state index >= 15 is 0 Å². The molecule has 3 rings (SSSR count). The van der Waals surface area contributed by atoms with Crippen molar-refractivity contribution >= 4 is 29.1 Å². The van der Waals surface area contributed by atoms with E-state index in [-0.39, 0.29) is 17.9 Å². The second-order valence-electron chi connectivity index (χ2n) is 5.64. The smallest absolute Gasteiger partial charge is 0.277 e. The molecule has 1 heterocycles. The molecule has 0 unspecified atom stereocenters. The van der Waals surface area contributed by atoms with Gasteiger partial charge in [0.05, 0.1) is 0 Å². The van der Waals surface area contributed by atoms with Gasteiger partial charge in [-0.25, -0.2) is 8.78 Å². The van der Waals surface area contributed by atoms with Crippen LogP contribution in [0.2, 0.25) is 5.02 Å². The van der Waals surface area contributed by atoms with Gasteiger partial charge in [-0.05, 0) is 24.1 Å². The lowest BCUT2D eigenvalue weighted by Gasteiger charge is -2.15. The van der Waals surface area contributed by atoms with Gasteiger partial charge < -0.3 is 10.4 Å². The number of amides is 2. The summed E-state index contributed by atoms with van der Waals surface area (Å²) in [6.45, 7) is 0.152. The van der Waals surface area contributed by atoms with Crippen molar-refractivity contribution in [3.05, 3.63) is 70.4 Å². The molecule has 8 heteroatoms. The molecule has 0 saturated carbocycles. The molecule has 1 aliphatic heterocycles. The fourth-order valence-electron chi connectivity index (χ4n) is 2.50. The Morgan fingerprint density at radius 3 is 2.31 bits per heavy atom. The lowest BCUT2D eigenvalue weighted by molar-refractivity contribution is -0.137. The largest absolute Gasteiger partial charge is 0.503 e. The standard InChI is InChI=1S/C18H13ClF2N2O3/c19-11-3-1-10(2-4-11)5-6-23-16(24)9-15(18(23)26)22-12-7-13(20)17(25)14(21)8-12/h1-4,7-9,22,25H,5-6H2. The number of phenols is 1. The summed E-state index contributed by atoms with van der Waals surface area (Å²) in [7, 11) is 0. The van der Waals surface area contributed by atoms with Gasteiger partial charge in [-0.2, -0.15) is 0 Å². The van der Waals surface area contributed by atoms with Gasteiger partial charge in [-0.3, -0.25) is 14.5 Å². The van der Waals surface area contributed by atoms with E-state index in [1.165, 1.54) is 0 Å². The summed E-state index contributed by atoms with van der Waals surface area (Å²) < 4.78 is 26.8. The van der Waals surface area contributed by atoms with Gasteiger partial charge in [0, 0.05) is 35.5 Å². The van der Waals surface area contributed by atoms with E-state index in [2.05, 4.69) is 5.32 Å². The first-order valence-corrected chi connectivity index (χ1v) is 8.00. The van der Waals surface area contributed by atoms with Crippen molar-refractivity contribution in [1.82, 2.24) is 4.90 Å². The van der Waals surface area contributed by atoms with E-state index in [4.69, 9.17) is 16.7 Å². The van der Waals surface area contributed by atoms with Gasteiger partial charge in [0.1, 0.15) is 5.70 Å². The summed E-state index contributed by atoms with van der Waals surface area (Å²) in [5, 5.41) is 12.2. The number of rotatable bonds is 5. The molecule has 0 bridgehead atoms. The lowest BCUT2D eigenvalue weighted by Crippen LogP contribution is -2.33. The number of carbonyl (C=O) groups excluding carboxylic acids is 2. The number of anilines is 1. The first-order valence-electron chi connectivity index (χ1n) is 7.62. The Morgan fingerprint density at radius 2 is 1.69 bits per heavy atom. The third-order valence-corrected chi connectivity index (χ3v) is 4.09. The summed E-state index contributed by atoms with van der Waals surface area (Å²) >= 11 is 5.81. The number of phenolic OH excluding ortho intramolecular Hbond substituents is 1. The molecule has 0 saturated heterocycles. The Bertz CT molecular complexity index is 890. The van der Waals surface area contributed by atoms with Crippen molar-refractivity contribution in [3.8, 4) is 5.75 Å². The minimum absolute atomic E-state index is 0.0928. The van der Waals surface area contributed by atoms with E-state index in [9.17, 15) is 18.4 Å². The maximum Gasteiger partial charge on any atom is 0.277 e. The van der Waals surface area contributed by atoms with Crippen LogP contribution in [0.5, 0.6) is 5.75 Å². The molecule has 2 aromatic rings. The molecule has 0 atom stereocenters. The first kappa shape index (κ1) is 17.9. The maximum absolute atomic E-state index is 13.4. The van der Waals surface area contributed by atoms with E-state index in [0.717, 1.165) is 28.7 Å². The van der Waals surface area contributed by atoms with Crippen LogP contribution in [0.4, 0.5) is 14.5 Å². The number of hydrogen-bond acceptors (Lipinski definition) is 4. The summed E-state index contributed by atoms with van der Waals surface area (Å²) in [5.74, 6) is -4.58. The first-order chi connectivity index (χ1) is 12.3. The molecule has 0 aliphatic carbocycles. The van der Waals surface area contributed by atoms with Crippen LogP contribution in [-0.2, 0) is 16.0 Å². The Balaban J connectivity index is 1.68. The highest BCUT2D eigenvalue weighted by Crippen LogP contribution is 2.26. The Hall–Kier alpha value is -2.93. The van der Waals surface area contributed by atoms with Crippen molar-refractivity contribution in [2.45, 2.75) is 6.42 Å². The molecule has 134 valence electrons. The minimum atomic E-state index is -1.18. The van der Waals surface area contributed by atoms with Crippen molar-refractivity contribution in [2.24, 2.45) is 0 Å². The topological polar surface area (TPSA) is 69.6 Å². The molecule has 2 amide bonds. The minimum Gasteiger partial charge on any atom is -0.503 e. The Labute approximate surface area is 152 Å². The number of aromatic hydroxyl groups is 1. The quantitative estimate of drug-likeness (QED) is 0.619. The highest BCUT2D eigenvalue weighted by Gasteiger charge is 2.31. The van der Waals surface area contributed by atoms with Gasteiger partial charge in [0.15, 0.2) is 17.4 Å². The van der Waals surface area contributed by atoms with Crippen LogP contribution in [0.25, 0.3) is 0 Å². The zero-order valence-corrected chi connectivity index (χ0v) is 14.1. The Kier molecular flexibility index (Phi) is 4.90. The number of halogens is 3. The van der Waals surface area contributed by atoms with Gasteiger partial charge in [0.25, 0.3) is 11.8 Å². The zero-order valence-electron chi connectivity index (χ0n) is 13.3. The molecular formula is C18H13ClF2N2O3. The molecule has 26 heavy (non-hydrogen) atoms. The molecule has 0 spiro atoms. The number of benzene rings is 2. The Morgan fingerprint density at radius 1 is 1.08 bits per heavy atom. The normalized spacial score (nSPS) is 14.0.